The molecule has 2 heterocycles. The molecule has 2 aliphatic rings. The Balaban J connectivity index is 1.40. The topological polar surface area (TPSA) is 67.9 Å². The molecule has 6 nitrogen and oxygen atoms in total. The average molecular weight is 403 g/mol. The monoisotopic (exact) mass is 402 g/mol. The molecule has 150 valence electrons. The maximum absolute atomic E-state index is 12.6. The van der Waals surface area contributed by atoms with Crippen molar-refractivity contribution in [2.24, 2.45) is 5.92 Å². The smallest absolute Gasteiger partial charge is 0.241 e. The first kappa shape index (κ1) is 19.1. The largest absolute Gasteiger partial charge is 0.486 e. The molecule has 2 aromatic rings. The molecule has 0 spiro atoms. The van der Waals surface area contributed by atoms with Gasteiger partial charge < -0.3 is 14.4 Å². The summed E-state index contributed by atoms with van der Waals surface area (Å²) in [6.45, 7) is 5.59. The molecule has 0 amide bonds. The zero-order valence-electron chi connectivity index (χ0n) is 16.1. The molecule has 7 heteroatoms. The van der Waals surface area contributed by atoms with Gasteiger partial charge in [0.05, 0.1) is 4.90 Å². The molecule has 2 aromatic carbocycles. The molecule has 1 fully saturated rings. The van der Waals surface area contributed by atoms with Gasteiger partial charge in [-0.15, -0.1) is 0 Å². The fourth-order valence-electron chi connectivity index (χ4n) is 3.70. The highest BCUT2D eigenvalue weighted by atomic mass is 32.2. The van der Waals surface area contributed by atoms with Crippen LogP contribution in [0.3, 0.4) is 0 Å². The fourth-order valence-corrected chi connectivity index (χ4v) is 4.73. The Labute approximate surface area is 166 Å². The summed E-state index contributed by atoms with van der Waals surface area (Å²) in [5, 5.41) is 0. The molecule has 0 unspecified atom stereocenters. The Bertz CT molecular complexity index is 928. The lowest BCUT2D eigenvalue weighted by molar-refractivity contribution is 0.171. The average Bonchev–Trinajstić information content (AvgIpc) is 2.72. The van der Waals surface area contributed by atoms with E-state index >= 15 is 0 Å². The molecule has 0 saturated carbocycles. The van der Waals surface area contributed by atoms with Gasteiger partial charge in [-0.25, -0.2) is 13.1 Å². The van der Waals surface area contributed by atoms with Crippen molar-refractivity contribution in [3.63, 3.8) is 0 Å². The van der Waals surface area contributed by atoms with Crippen LogP contribution < -0.4 is 19.1 Å². The predicted octanol–water partition coefficient (Wildman–Crippen LogP) is 3.17. The molecule has 1 atom stereocenters. The number of sulfonamides is 1. The van der Waals surface area contributed by atoms with Gasteiger partial charge in [-0.05, 0) is 48.6 Å². The Morgan fingerprint density at radius 3 is 2.57 bits per heavy atom. The summed E-state index contributed by atoms with van der Waals surface area (Å²) in [5.74, 6) is 1.76. The summed E-state index contributed by atoms with van der Waals surface area (Å²) < 4.78 is 38.8. The van der Waals surface area contributed by atoms with Crippen LogP contribution in [-0.2, 0) is 16.6 Å². The standard InChI is InChI=1S/C21H26N2O4S/c1-16-3-2-10-23(15-16)18-6-4-17(5-7-18)14-22-28(24,25)19-8-9-20-21(13-19)27-12-11-26-20/h4-9,13,16,22H,2-3,10-12,14-15H2,1H3/t16-/m1/s1. The number of hydrogen-bond donors (Lipinski definition) is 1. The summed E-state index contributed by atoms with van der Waals surface area (Å²) in [4.78, 5) is 2.58. The zero-order valence-corrected chi connectivity index (χ0v) is 16.9. The van der Waals surface area contributed by atoms with Gasteiger partial charge in [0.1, 0.15) is 13.2 Å². The van der Waals surface area contributed by atoms with E-state index in [9.17, 15) is 8.42 Å². The van der Waals surface area contributed by atoms with Crippen LogP contribution >= 0.6 is 0 Å². The van der Waals surface area contributed by atoms with E-state index in [-0.39, 0.29) is 11.4 Å². The highest BCUT2D eigenvalue weighted by Gasteiger charge is 2.20. The molecule has 4 rings (SSSR count). The van der Waals surface area contributed by atoms with Crippen molar-refractivity contribution in [1.29, 1.82) is 0 Å². The third kappa shape index (κ3) is 4.25. The van der Waals surface area contributed by atoms with Gasteiger partial charge in [-0.2, -0.15) is 0 Å². The van der Waals surface area contributed by atoms with Gasteiger partial charge in [-0.3, -0.25) is 0 Å². The SMILES string of the molecule is C[C@@H]1CCCN(c2ccc(CNS(=O)(=O)c3ccc4c(c3)OCCO4)cc2)C1. The van der Waals surface area contributed by atoms with Gasteiger partial charge in [0.2, 0.25) is 10.0 Å². The van der Waals surface area contributed by atoms with Crippen LogP contribution in [0.1, 0.15) is 25.3 Å². The normalized spacial score (nSPS) is 19.5. The number of rotatable bonds is 5. The minimum absolute atomic E-state index is 0.177. The maximum Gasteiger partial charge on any atom is 0.241 e. The molecule has 1 saturated heterocycles. The van der Waals surface area contributed by atoms with Crippen molar-refractivity contribution in [3.05, 3.63) is 48.0 Å². The van der Waals surface area contributed by atoms with Crippen LogP contribution in [0.15, 0.2) is 47.4 Å². The van der Waals surface area contributed by atoms with E-state index < -0.39 is 10.0 Å². The predicted molar refractivity (Wildman–Crippen MR) is 109 cm³/mol. The molecule has 28 heavy (non-hydrogen) atoms. The van der Waals surface area contributed by atoms with Crippen molar-refractivity contribution in [1.82, 2.24) is 4.72 Å². The quantitative estimate of drug-likeness (QED) is 0.832. The van der Waals surface area contributed by atoms with E-state index in [1.807, 2.05) is 12.1 Å². The molecule has 2 aliphatic heterocycles. The minimum Gasteiger partial charge on any atom is -0.486 e. The van der Waals surface area contributed by atoms with E-state index in [2.05, 4.69) is 28.7 Å². The summed E-state index contributed by atoms with van der Waals surface area (Å²) in [5.41, 5.74) is 2.12. The number of benzene rings is 2. The highest BCUT2D eigenvalue weighted by Crippen LogP contribution is 2.32. The third-order valence-electron chi connectivity index (χ3n) is 5.25. The summed E-state index contributed by atoms with van der Waals surface area (Å²) in [6, 6.07) is 12.8. The number of ether oxygens (including phenoxy) is 2. The van der Waals surface area contributed by atoms with Gasteiger partial charge in [0.15, 0.2) is 11.5 Å². The van der Waals surface area contributed by atoms with Gasteiger partial charge in [-0.1, -0.05) is 19.1 Å². The second-order valence-corrected chi connectivity index (χ2v) is 9.26. The van der Waals surface area contributed by atoms with Crippen molar-refractivity contribution < 1.29 is 17.9 Å². The number of anilines is 1. The summed E-state index contributed by atoms with van der Waals surface area (Å²) in [7, 11) is -3.63. The van der Waals surface area contributed by atoms with Crippen LogP contribution in [0.4, 0.5) is 5.69 Å². The first-order valence-corrected chi connectivity index (χ1v) is 11.2. The maximum atomic E-state index is 12.6. The number of nitrogens with zero attached hydrogens (tertiary/aromatic N) is 1. The number of fused-ring (bicyclic) bond motifs is 1. The van der Waals surface area contributed by atoms with E-state index in [1.165, 1.54) is 30.7 Å². The number of hydrogen-bond acceptors (Lipinski definition) is 5. The van der Waals surface area contributed by atoms with Gasteiger partial charge in [0, 0.05) is 31.4 Å². The van der Waals surface area contributed by atoms with E-state index in [1.54, 1.807) is 6.07 Å². The van der Waals surface area contributed by atoms with E-state index in [0.717, 1.165) is 18.7 Å². The second kappa shape index (κ2) is 8.01. The summed E-state index contributed by atoms with van der Waals surface area (Å²) in [6.07, 6.45) is 2.51. The Morgan fingerprint density at radius 1 is 1.07 bits per heavy atom. The van der Waals surface area contributed by atoms with Gasteiger partial charge >= 0.3 is 0 Å². The lowest BCUT2D eigenvalue weighted by Gasteiger charge is -2.32. The van der Waals surface area contributed by atoms with E-state index in [0.29, 0.717) is 30.6 Å². The first-order chi connectivity index (χ1) is 13.5. The van der Waals surface area contributed by atoms with E-state index in [4.69, 9.17) is 9.47 Å². The minimum atomic E-state index is -3.63. The molecule has 1 N–H and O–H groups in total. The molecular weight excluding hydrogens is 376 g/mol. The van der Waals surface area contributed by atoms with Crippen LogP contribution in [0.2, 0.25) is 0 Å². The summed E-state index contributed by atoms with van der Waals surface area (Å²) >= 11 is 0. The first-order valence-electron chi connectivity index (χ1n) is 9.74. The van der Waals surface area contributed by atoms with Crippen molar-refractivity contribution in [2.75, 3.05) is 31.2 Å². The second-order valence-electron chi connectivity index (χ2n) is 7.49. The lowest BCUT2D eigenvalue weighted by atomic mass is 9.99. The molecule has 0 aliphatic carbocycles. The Kier molecular flexibility index (Phi) is 5.46. The van der Waals surface area contributed by atoms with Crippen molar-refractivity contribution >= 4 is 15.7 Å². The molecule has 0 bridgehead atoms. The van der Waals surface area contributed by atoms with Crippen LogP contribution in [0.5, 0.6) is 11.5 Å². The van der Waals surface area contributed by atoms with Crippen LogP contribution in [-0.4, -0.2) is 34.7 Å². The Morgan fingerprint density at radius 2 is 1.82 bits per heavy atom. The zero-order chi connectivity index (χ0) is 19.6. The fraction of sp³-hybridized carbons (Fsp3) is 0.429. The van der Waals surface area contributed by atoms with Crippen molar-refractivity contribution in [2.45, 2.75) is 31.2 Å². The van der Waals surface area contributed by atoms with Crippen molar-refractivity contribution in [3.8, 4) is 11.5 Å². The third-order valence-corrected chi connectivity index (χ3v) is 6.65. The van der Waals surface area contributed by atoms with Gasteiger partial charge in [0.25, 0.3) is 0 Å². The molecule has 0 radical (unpaired) electrons. The lowest BCUT2D eigenvalue weighted by Crippen LogP contribution is -2.34. The highest BCUT2D eigenvalue weighted by molar-refractivity contribution is 7.89. The molecular formula is C21H26N2O4S. The van der Waals surface area contributed by atoms with Crippen LogP contribution in [0, 0.1) is 5.92 Å². The molecule has 0 aromatic heterocycles. The van der Waals surface area contributed by atoms with Crippen LogP contribution in [0.25, 0.3) is 0 Å². The Hall–Kier alpha value is -2.25. The number of piperidine rings is 1. The number of nitrogens with one attached hydrogen (secondary N) is 1.